The Balaban J connectivity index is 1.96. The summed E-state index contributed by atoms with van der Waals surface area (Å²) in [7, 11) is 1.56. The number of ether oxygens (including phenoxy) is 2. The van der Waals surface area contributed by atoms with Crippen LogP contribution in [0.3, 0.4) is 0 Å². The molecule has 0 saturated carbocycles. The van der Waals surface area contributed by atoms with Gasteiger partial charge in [0, 0.05) is 18.5 Å². The zero-order valence-electron chi connectivity index (χ0n) is 12.0. The molecule has 0 aliphatic heterocycles. The van der Waals surface area contributed by atoms with Crippen molar-refractivity contribution in [3.63, 3.8) is 0 Å². The average Bonchev–Trinajstić information content (AvgIpc) is 3.00. The van der Waals surface area contributed by atoms with E-state index in [2.05, 4.69) is 20.5 Å². The maximum absolute atomic E-state index is 12.1. The van der Waals surface area contributed by atoms with E-state index in [0.29, 0.717) is 36.6 Å². The molecule has 7 heteroatoms. The van der Waals surface area contributed by atoms with Crippen molar-refractivity contribution in [2.45, 2.75) is 13.3 Å². The molecule has 0 atom stereocenters. The molecule has 0 aliphatic rings. The lowest BCUT2D eigenvalue weighted by Gasteiger charge is -2.11. The van der Waals surface area contributed by atoms with Crippen molar-refractivity contribution in [3.05, 3.63) is 35.9 Å². The van der Waals surface area contributed by atoms with Crippen LogP contribution in [0.4, 0.5) is 0 Å². The number of aromatic amines is 1. The second kappa shape index (κ2) is 7.28. The smallest absolute Gasteiger partial charge is 0.251 e. The number of H-pyrrole nitrogens is 1. The fourth-order valence-electron chi connectivity index (χ4n) is 1.83. The zero-order valence-corrected chi connectivity index (χ0v) is 12.0. The standard InChI is InChI=1S/C14H18N4O3/c1-3-21-12-8-10(4-5-11(12)20-2)14(19)15-7-6-13-16-9-17-18-13/h4-5,8-9H,3,6-7H2,1-2H3,(H,15,19)(H,16,17,18). The number of hydrogen-bond acceptors (Lipinski definition) is 5. The van der Waals surface area contributed by atoms with Gasteiger partial charge in [-0.15, -0.1) is 0 Å². The first-order valence-electron chi connectivity index (χ1n) is 6.68. The Bertz CT molecular complexity index is 584. The summed E-state index contributed by atoms with van der Waals surface area (Å²) in [5.74, 6) is 1.73. The zero-order chi connectivity index (χ0) is 15.1. The van der Waals surface area contributed by atoms with Crippen LogP contribution in [0.25, 0.3) is 0 Å². The van der Waals surface area contributed by atoms with Crippen molar-refractivity contribution in [2.75, 3.05) is 20.3 Å². The summed E-state index contributed by atoms with van der Waals surface area (Å²) < 4.78 is 10.6. The topological polar surface area (TPSA) is 89.1 Å². The van der Waals surface area contributed by atoms with Crippen LogP contribution >= 0.6 is 0 Å². The fraction of sp³-hybridized carbons (Fsp3) is 0.357. The Kier molecular flexibility index (Phi) is 5.14. The molecule has 0 fully saturated rings. The molecule has 2 rings (SSSR count). The van der Waals surface area contributed by atoms with Gasteiger partial charge in [-0.3, -0.25) is 9.89 Å². The molecule has 1 aromatic carbocycles. The van der Waals surface area contributed by atoms with Crippen LogP contribution < -0.4 is 14.8 Å². The van der Waals surface area contributed by atoms with Gasteiger partial charge in [0.15, 0.2) is 11.5 Å². The average molecular weight is 290 g/mol. The third kappa shape index (κ3) is 3.95. The molecule has 21 heavy (non-hydrogen) atoms. The van der Waals surface area contributed by atoms with E-state index in [0.717, 1.165) is 5.82 Å². The van der Waals surface area contributed by atoms with E-state index in [1.807, 2.05) is 6.92 Å². The minimum absolute atomic E-state index is 0.168. The van der Waals surface area contributed by atoms with Crippen LogP contribution in [0.1, 0.15) is 23.1 Å². The second-order valence-corrected chi connectivity index (χ2v) is 4.24. The van der Waals surface area contributed by atoms with Gasteiger partial charge in [-0.25, -0.2) is 4.98 Å². The van der Waals surface area contributed by atoms with Gasteiger partial charge >= 0.3 is 0 Å². The molecule has 0 unspecified atom stereocenters. The van der Waals surface area contributed by atoms with Crippen molar-refractivity contribution in [1.82, 2.24) is 20.5 Å². The van der Waals surface area contributed by atoms with Crippen LogP contribution in [0.5, 0.6) is 11.5 Å². The van der Waals surface area contributed by atoms with E-state index >= 15 is 0 Å². The van der Waals surface area contributed by atoms with E-state index in [1.54, 1.807) is 25.3 Å². The molecule has 1 amide bonds. The van der Waals surface area contributed by atoms with E-state index in [9.17, 15) is 4.79 Å². The van der Waals surface area contributed by atoms with Crippen molar-refractivity contribution in [1.29, 1.82) is 0 Å². The molecule has 2 aromatic rings. The summed E-state index contributed by atoms with van der Waals surface area (Å²) in [5, 5.41) is 9.31. The molecule has 0 radical (unpaired) electrons. The number of carbonyl (C=O) groups is 1. The number of rotatable bonds is 7. The van der Waals surface area contributed by atoms with Gasteiger partial charge < -0.3 is 14.8 Å². The van der Waals surface area contributed by atoms with Gasteiger partial charge in [0.05, 0.1) is 13.7 Å². The SMILES string of the molecule is CCOc1cc(C(=O)NCCc2ncn[nH]2)ccc1OC. The highest BCUT2D eigenvalue weighted by molar-refractivity contribution is 5.94. The first-order valence-corrected chi connectivity index (χ1v) is 6.68. The number of hydrogen-bond donors (Lipinski definition) is 2. The highest BCUT2D eigenvalue weighted by Gasteiger charge is 2.11. The van der Waals surface area contributed by atoms with Gasteiger partial charge in [-0.1, -0.05) is 0 Å². The Morgan fingerprint density at radius 2 is 2.24 bits per heavy atom. The predicted molar refractivity (Wildman–Crippen MR) is 76.6 cm³/mol. The lowest BCUT2D eigenvalue weighted by atomic mass is 10.2. The lowest BCUT2D eigenvalue weighted by Crippen LogP contribution is -2.26. The third-order valence-electron chi connectivity index (χ3n) is 2.84. The van der Waals surface area contributed by atoms with Crippen LogP contribution in [0.15, 0.2) is 24.5 Å². The van der Waals surface area contributed by atoms with Crippen molar-refractivity contribution < 1.29 is 14.3 Å². The van der Waals surface area contributed by atoms with Gasteiger partial charge in [0.2, 0.25) is 0 Å². The fourth-order valence-corrected chi connectivity index (χ4v) is 1.83. The minimum atomic E-state index is -0.168. The normalized spacial score (nSPS) is 10.2. The summed E-state index contributed by atoms with van der Waals surface area (Å²) in [6.07, 6.45) is 2.04. The Morgan fingerprint density at radius 1 is 1.38 bits per heavy atom. The number of amides is 1. The summed E-state index contributed by atoms with van der Waals surface area (Å²) in [6.45, 7) is 2.86. The number of nitrogens with zero attached hydrogens (tertiary/aromatic N) is 2. The molecular formula is C14H18N4O3. The monoisotopic (exact) mass is 290 g/mol. The highest BCUT2D eigenvalue weighted by atomic mass is 16.5. The molecule has 0 aliphatic carbocycles. The van der Waals surface area contributed by atoms with E-state index < -0.39 is 0 Å². The summed E-state index contributed by atoms with van der Waals surface area (Å²) in [6, 6.07) is 5.09. The summed E-state index contributed by atoms with van der Waals surface area (Å²) in [4.78, 5) is 16.1. The van der Waals surface area contributed by atoms with E-state index in [4.69, 9.17) is 9.47 Å². The summed E-state index contributed by atoms with van der Waals surface area (Å²) >= 11 is 0. The third-order valence-corrected chi connectivity index (χ3v) is 2.84. The van der Waals surface area contributed by atoms with Crippen LogP contribution in [0, 0.1) is 0 Å². The molecule has 1 heterocycles. The van der Waals surface area contributed by atoms with Gasteiger partial charge in [-0.05, 0) is 25.1 Å². The molecule has 0 bridgehead atoms. The molecule has 0 spiro atoms. The molecule has 112 valence electrons. The minimum Gasteiger partial charge on any atom is -0.493 e. The molecule has 0 saturated heterocycles. The van der Waals surface area contributed by atoms with Crippen molar-refractivity contribution >= 4 is 5.91 Å². The molecule has 1 aromatic heterocycles. The largest absolute Gasteiger partial charge is 0.493 e. The Hall–Kier alpha value is -2.57. The van der Waals surface area contributed by atoms with Crippen molar-refractivity contribution in [3.8, 4) is 11.5 Å². The van der Waals surface area contributed by atoms with Gasteiger partial charge in [-0.2, -0.15) is 5.10 Å². The predicted octanol–water partition coefficient (Wildman–Crippen LogP) is 1.18. The molecule has 7 nitrogen and oxygen atoms in total. The number of aromatic nitrogens is 3. The van der Waals surface area contributed by atoms with Crippen LogP contribution in [-0.4, -0.2) is 41.3 Å². The van der Waals surface area contributed by atoms with Crippen molar-refractivity contribution in [2.24, 2.45) is 0 Å². The van der Waals surface area contributed by atoms with Crippen LogP contribution in [-0.2, 0) is 6.42 Å². The second-order valence-electron chi connectivity index (χ2n) is 4.24. The van der Waals surface area contributed by atoms with Crippen LogP contribution in [0.2, 0.25) is 0 Å². The maximum Gasteiger partial charge on any atom is 0.251 e. The number of carbonyl (C=O) groups excluding carboxylic acids is 1. The Labute approximate surface area is 122 Å². The van der Waals surface area contributed by atoms with Gasteiger partial charge in [0.25, 0.3) is 5.91 Å². The first-order chi connectivity index (χ1) is 10.2. The number of methoxy groups -OCH3 is 1. The number of nitrogens with one attached hydrogen (secondary N) is 2. The Morgan fingerprint density at radius 3 is 2.90 bits per heavy atom. The lowest BCUT2D eigenvalue weighted by molar-refractivity contribution is 0.0953. The maximum atomic E-state index is 12.1. The molecule has 2 N–H and O–H groups in total. The van der Waals surface area contributed by atoms with Gasteiger partial charge in [0.1, 0.15) is 12.2 Å². The number of benzene rings is 1. The molecular weight excluding hydrogens is 272 g/mol. The quantitative estimate of drug-likeness (QED) is 0.799. The first kappa shape index (κ1) is 14.8. The van der Waals surface area contributed by atoms with E-state index in [1.165, 1.54) is 6.33 Å². The van der Waals surface area contributed by atoms with E-state index in [-0.39, 0.29) is 5.91 Å². The summed E-state index contributed by atoms with van der Waals surface area (Å²) in [5.41, 5.74) is 0.525. The highest BCUT2D eigenvalue weighted by Crippen LogP contribution is 2.27.